The van der Waals surface area contributed by atoms with Gasteiger partial charge in [0.1, 0.15) is 5.15 Å². The molecule has 1 fully saturated rings. The highest BCUT2D eigenvalue weighted by molar-refractivity contribution is 7.89. The Balaban J connectivity index is 1.47. The van der Waals surface area contributed by atoms with E-state index in [0.717, 1.165) is 5.56 Å². The van der Waals surface area contributed by atoms with E-state index in [-0.39, 0.29) is 42.1 Å². The summed E-state index contributed by atoms with van der Waals surface area (Å²) in [5, 5.41) is 5.08. The second-order valence-corrected chi connectivity index (χ2v) is 10.3. The van der Waals surface area contributed by atoms with Crippen LogP contribution >= 0.6 is 23.2 Å². The van der Waals surface area contributed by atoms with Gasteiger partial charge >= 0.3 is 0 Å². The van der Waals surface area contributed by atoms with E-state index >= 15 is 0 Å². The lowest BCUT2D eigenvalue weighted by atomic mass is 10.2. The van der Waals surface area contributed by atoms with Crippen molar-refractivity contribution in [2.24, 2.45) is 0 Å². The van der Waals surface area contributed by atoms with Gasteiger partial charge in [-0.2, -0.15) is 9.40 Å². The van der Waals surface area contributed by atoms with E-state index in [9.17, 15) is 13.2 Å². The Hall–Kier alpha value is -2.39. The molecule has 1 amide bonds. The van der Waals surface area contributed by atoms with Gasteiger partial charge in [-0.1, -0.05) is 59.6 Å². The van der Waals surface area contributed by atoms with Crippen LogP contribution in [0.15, 0.2) is 59.5 Å². The van der Waals surface area contributed by atoms with E-state index < -0.39 is 10.0 Å². The molecule has 4 rings (SSSR count). The predicted octanol–water partition coefficient (Wildman–Crippen LogP) is 3.69. The third-order valence-electron chi connectivity index (χ3n) is 5.41. The van der Waals surface area contributed by atoms with Crippen molar-refractivity contribution in [3.8, 4) is 0 Å². The minimum atomic E-state index is -3.68. The number of nitrogens with zero attached hydrogens (tertiary/aromatic N) is 4. The fraction of sp³-hybridized carbons (Fsp3) is 0.273. The first kappa shape index (κ1) is 22.8. The molecule has 0 radical (unpaired) electrons. The molecule has 0 saturated carbocycles. The molecule has 0 atom stereocenters. The second kappa shape index (κ2) is 9.23. The number of sulfonamides is 1. The van der Waals surface area contributed by atoms with E-state index in [1.54, 1.807) is 28.6 Å². The average Bonchev–Trinajstić information content (AvgIpc) is 3.06. The molecule has 1 aliphatic rings. The molecular formula is C22H22Cl2N4O3S. The van der Waals surface area contributed by atoms with Gasteiger partial charge < -0.3 is 4.90 Å². The molecule has 0 N–H and O–H groups in total. The largest absolute Gasteiger partial charge is 0.336 e. The minimum Gasteiger partial charge on any atom is -0.336 e. The number of hydrogen-bond acceptors (Lipinski definition) is 4. The standard InChI is InChI=1S/C22H22Cl2N4O3S/c1-16-20(21(24)28(25-16)15-17-6-3-2-4-7-17)22(29)26-10-12-27(13-11-26)32(30,31)19-9-5-8-18(23)14-19/h2-9,14H,10-13,15H2,1H3. The van der Waals surface area contributed by atoms with Crippen LogP contribution in [0.5, 0.6) is 0 Å². The van der Waals surface area contributed by atoms with Gasteiger partial charge in [0.25, 0.3) is 5.91 Å². The summed E-state index contributed by atoms with van der Waals surface area (Å²) in [5.41, 5.74) is 1.93. The zero-order chi connectivity index (χ0) is 22.9. The van der Waals surface area contributed by atoms with Gasteiger partial charge in [-0.05, 0) is 30.7 Å². The average molecular weight is 493 g/mol. The first-order chi connectivity index (χ1) is 15.3. The van der Waals surface area contributed by atoms with Gasteiger partial charge in [0.15, 0.2) is 0 Å². The van der Waals surface area contributed by atoms with Crippen molar-refractivity contribution in [1.29, 1.82) is 0 Å². The number of amides is 1. The Bertz CT molecular complexity index is 1240. The normalized spacial score (nSPS) is 15.2. The third kappa shape index (κ3) is 4.54. The fourth-order valence-electron chi connectivity index (χ4n) is 3.72. The Morgan fingerprint density at radius 2 is 1.69 bits per heavy atom. The Labute approximate surface area is 197 Å². The second-order valence-electron chi connectivity index (χ2n) is 7.55. The van der Waals surface area contributed by atoms with Crippen molar-refractivity contribution < 1.29 is 13.2 Å². The molecule has 2 heterocycles. The van der Waals surface area contributed by atoms with Crippen LogP contribution in [-0.4, -0.2) is 59.5 Å². The molecule has 10 heteroatoms. The molecule has 1 saturated heterocycles. The summed E-state index contributed by atoms with van der Waals surface area (Å²) in [6.07, 6.45) is 0. The number of aryl methyl sites for hydroxylation is 1. The molecule has 7 nitrogen and oxygen atoms in total. The van der Waals surface area contributed by atoms with Gasteiger partial charge in [-0.25, -0.2) is 13.1 Å². The van der Waals surface area contributed by atoms with Gasteiger partial charge in [-0.15, -0.1) is 0 Å². The fourth-order valence-corrected chi connectivity index (χ4v) is 5.76. The van der Waals surface area contributed by atoms with Crippen LogP contribution in [0.3, 0.4) is 0 Å². The summed E-state index contributed by atoms with van der Waals surface area (Å²) < 4.78 is 28.8. The molecule has 1 aliphatic heterocycles. The molecule has 3 aromatic rings. The molecule has 0 aliphatic carbocycles. The van der Waals surface area contributed by atoms with E-state index in [0.29, 0.717) is 22.8 Å². The van der Waals surface area contributed by atoms with E-state index in [1.807, 2.05) is 30.3 Å². The SMILES string of the molecule is Cc1nn(Cc2ccccc2)c(Cl)c1C(=O)N1CCN(S(=O)(=O)c2cccc(Cl)c2)CC1. The zero-order valence-electron chi connectivity index (χ0n) is 17.4. The van der Waals surface area contributed by atoms with Crippen molar-refractivity contribution in [3.63, 3.8) is 0 Å². The highest BCUT2D eigenvalue weighted by Gasteiger charge is 2.32. The van der Waals surface area contributed by atoms with Crippen LogP contribution in [0.25, 0.3) is 0 Å². The summed E-state index contributed by atoms with van der Waals surface area (Å²) in [6.45, 7) is 3.11. The predicted molar refractivity (Wildman–Crippen MR) is 124 cm³/mol. The van der Waals surface area contributed by atoms with Crippen molar-refractivity contribution in [2.45, 2.75) is 18.4 Å². The molecule has 0 bridgehead atoms. The molecular weight excluding hydrogens is 471 g/mol. The molecule has 168 valence electrons. The van der Waals surface area contributed by atoms with Crippen LogP contribution in [0.4, 0.5) is 0 Å². The number of hydrogen-bond donors (Lipinski definition) is 0. The summed E-state index contributed by atoms with van der Waals surface area (Å²) in [6, 6.07) is 15.9. The van der Waals surface area contributed by atoms with Crippen molar-refractivity contribution in [3.05, 3.63) is 81.6 Å². The minimum absolute atomic E-state index is 0.144. The maximum Gasteiger partial charge on any atom is 0.258 e. The van der Waals surface area contributed by atoms with Crippen LogP contribution in [0.1, 0.15) is 21.6 Å². The number of rotatable bonds is 5. The summed E-state index contributed by atoms with van der Waals surface area (Å²) >= 11 is 12.5. The lowest BCUT2D eigenvalue weighted by Gasteiger charge is -2.34. The highest BCUT2D eigenvalue weighted by Crippen LogP contribution is 2.25. The topological polar surface area (TPSA) is 75.5 Å². The maximum atomic E-state index is 13.2. The first-order valence-electron chi connectivity index (χ1n) is 10.1. The molecule has 32 heavy (non-hydrogen) atoms. The third-order valence-corrected chi connectivity index (χ3v) is 7.93. The van der Waals surface area contributed by atoms with E-state index in [4.69, 9.17) is 23.2 Å². The molecule has 1 aromatic heterocycles. The summed E-state index contributed by atoms with van der Waals surface area (Å²) in [7, 11) is -3.68. The van der Waals surface area contributed by atoms with Gasteiger partial charge in [0, 0.05) is 31.2 Å². The van der Waals surface area contributed by atoms with Gasteiger partial charge in [-0.3, -0.25) is 4.79 Å². The van der Waals surface area contributed by atoms with Crippen molar-refractivity contribution in [2.75, 3.05) is 26.2 Å². The highest BCUT2D eigenvalue weighted by atomic mass is 35.5. The monoisotopic (exact) mass is 492 g/mol. The van der Waals surface area contributed by atoms with E-state index in [2.05, 4.69) is 5.10 Å². The van der Waals surface area contributed by atoms with Crippen LogP contribution in [0, 0.1) is 6.92 Å². The Morgan fingerprint density at radius 3 is 2.34 bits per heavy atom. The van der Waals surface area contributed by atoms with Crippen LogP contribution < -0.4 is 0 Å². The first-order valence-corrected chi connectivity index (χ1v) is 12.3. The Morgan fingerprint density at radius 1 is 1.00 bits per heavy atom. The van der Waals surface area contributed by atoms with Gasteiger partial charge in [0.05, 0.1) is 22.7 Å². The van der Waals surface area contributed by atoms with Crippen molar-refractivity contribution >= 4 is 39.1 Å². The lowest BCUT2D eigenvalue weighted by Crippen LogP contribution is -2.50. The number of carbonyl (C=O) groups excluding carboxylic acids is 1. The van der Waals surface area contributed by atoms with Crippen LogP contribution in [0.2, 0.25) is 10.2 Å². The molecule has 0 spiro atoms. The number of halogens is 2. The zero-order valence-corrected chi connectivity index (χ0v) is 19.7. The Kier molecular flexibility index (Phi) is 6.57. The molecule has 2 aromatic carbocycles. The maximum absolute atomic E-state index is 13.2. The van der Waals surface area contributed by atoms with Gasteiger partial charge in [0.2, 0.25) is 10.0 Å². The summed E-state index contributed by atoms with van der Waals surface area (Å²) in [4.78, 5) is 14.9. The number of benzene rings is 2. The smallest absolute Gasteiger partial charge is 0.258 e. The number of piperazine rings is 1. The lowest BCUT2D eigenvalue weighted by molar-refractivity contribution is 0.0697. The van der Waals surface area contributed by atoms with E-state index in [1.165, 1.54) is 16.4 Å². The number of carbonyl (C=O) groups is 1. The summed E-state index contributed by atoms with van der Waals surface area (Å²) in [5.74, 6) is -0.244. The number of aromatic nitrogens is 2. The van der Waals surface area contributed by atoms with Crippen LogP contribution in [-0.2, 0) is 16.6 Å². The molecule has 0 unspecified atom stereocenters. The quantitative estimate of drug-likeness (QED) is 0.544. The van der Waals surface area contributed by atoms with Crippen molar-refractivity contribution in [1.82, 2.24) is 19.0 Å².